The van der Waals surface area contributed by atoms with Gasteiger partial charge in [0.05, 0.1) is 12.1 Å². The maximum Gasteiger partial charge on any atom is 0.258 e. The first-order valence-corrected chi connectivity index (χ1v) is 11.1. The summed E-state index contributed by atoms with van der Waals surface area (Å²) in [6, 6.07) is 7.38. The molecule has 2 aliphatic carbocycles. The molecule has 0 saturated heterocycles. The third kappa shape index (κ3) is 4.40. The van der Waals surface area contributed by atoms with E-state index in [1.807, 2.05) is 18.2 Å². The van der Waals surface area contributed by atoms with Gasteiger partial charge in [-0.2, -0.15) is 0 Å². The number of anilines is 1. The Morgan fingerprint density at radius 2 is 1.83 bits per heavy atom. The zero-order valence-corrected chi connectivity index (χ0v) is 17.3. The van der Waals surface area contributed by atoms with Crippen molar-refractivity contribution in [1.29, 1.82) is 0 Å². The standard InChI is InChI=1S/C24H32N2O3/c1-17-8-10-18(11-9-17)22(27)25-21-7-5-6-20-19(21)12-15-26(23(20)28)16-24(29)13-3-2-4-14-24/h5-7,12,15,17-18,29H,2-4,8-11,13-14,16H2,1H3,(H,25,27). The second-order valence-electron chi connectivity index (χ2n) is 9.25. The number of fused-ring (bicyclic) bond motifs is 1. The quantitative estimate of drug-likeness (QED) is 0.801. The van der Waals surface area contributed by atoms with Crippen LogP contribution in [0.1, 0.15) is 64.7 Å². The van der Waals surface area contributed by atoms with Crippen LogP contribution in [-0.2, 0) is 11.3 Å². The van der Waals surface area contributed by atoms with Crippen LogP contribution in [0.25, 0.3) is 10.8 Å². The van der Waals surface area contributed by atoms with E-state index < -0.39 is 5.60 Å². The van der Waals surface area contributed by atoms with E-state index in [1.165, 1.54) is 0 Å². The minimum atomic E-state index is -0.792. The first-order valence-electron chi connectivity index (χ1n) is 11.1. The zero-order chi connectivity index (χ0) is 20.4. The molecule has 4 rings (SSSR count). The number of aromatic nitrogens is 1. The maximum atomic E-state index is 13.1. The summed E-state index contributed by atoms with van der Waals surface area (Å²) in [5.41, 5.74) is -0.199. The first kappa shape index (κ1) is 20.1. The van der Waals surface area contributed by atoms with Gasteiger partial charge in [0.1, 0.15) is 0 Å². The second kappa shape index (κ2) is 8.31. The summed E-state index contributed by atoms with van der Waals surface area (Å²) in [7, 11) is 0. The largest absolute Gasteiger partial charge is 0.388 e. The fraction of sp³-hybridized carbons (Fsp3) is 0.583. The molecule has 5 nitrogen and oxygen atoms in total. The van der Waals surface area contributed by atoms with Crippen LogP contribution < -0.4 is 10.9 Å². The molecule has 2 fully saturated rings. The van der Waals surface area contributed by atoms with Gasteiger partial charge in [-0.3, -0.25) is 9.59 Å². The summed E-state index contributed by atoms with van der Waals surface area (Å²) in [4.78, 5) is 25.8. The Hall–Kier alpha value is -2.14. The monoisotopic (exact) mass is 396 g/mol. The van der Waals surface area contributed by atoms with Gasteiger partial charge in [-0.15, -0.1) is 0 Å². The topological polar surface area (TPSA) is 71.3 Å². The lowest BCUT2D eigenvalue weighted by atomic mass is 9.82. The second-order valence-corrected chi connectivity index (χ2v) is 9.25. The molecule has 2 aromatic rings. The average molecular weight is 397 g/mol. The van der Waals surface area contributed by atoms with E-state index in [9.17, 15) is 14.7 Å². The highest BCUT2D eigenvalue weighted by Gasteiger charge is 2.30. The molecule has 5 heteroatoms. The number of amides is 1. The van der Waals surface area contributed by atoms with Crippen LogP contribution in [-0.4, -0.2) is 21.2 Å². The van der Waals surface area contributed by atoms with E-state index in [0.717, 1.165) is 63.2 Å². The van der Waals surface area contributed by atoms with Gasteiger partial charge in [-0.1, -0.05) is 32.3 Å². The van der Waals surface area contributed by atoms with Gasteiger partial charge >= 0.3 is 0 Å². The van der Waals surface area contributed by atoms with Gasteiger partial charge in [0.25, 0.3) is 5.56 Å². The van der Waals surface area contributed by atoms with Crippen LogP contribution in [0.3, 0.4) is 0 Å². The van der Waals surface area contributed by atoms with Crippen molar-refractivity contribution >= 4 is 22.4 Å². The van der Waals surface area contributed by atoms with Gasteiger partial charge in [-0.05, 0) is 62.6 Å². The minimum Gasteiger partial charge on any atom is -0.388 e. The predicted molar refractivity (Wildman–Crippen MR) is 116 cm³/mol. The van der Waals surface area contributed by atoms with Crippen molar-refractivity contribution in [2.75, 3.05) is 5.32 Å². The van der Waals surface area contributed by atoms with Crippen molar-refractivity contribution in [3.63, 3.8) is 0 Å². The fourth-order valence-electron chi connectivity index (χ4n) is 4.99. The van der Waals surface area contributed by atoms with Gasteiger partial charge in [-0.25, -0.2) is 0 Å². The molecule has 29 heavy (non-hydrogen) atoms. The van der Waals surface area contributed by atoms with Gasteiger partial charge in [0.15, 0.2) is 0 Å². The van der Waals surface area contributed by atoms with Crippen LogP contribution in [0.2, 0.25) is 0 Å². The maximum absolute atomic E-state index is 13.1. The smallest absolute Gasteiger partial charge is 0.258 e. The molecule has 0 radical (unpaired) electrons. The molecule has 0 unspecified atom stereocenters. The molecule has 0 bridgehead atoms. The molecule has 0 aliphatic heterocycles. The highest BCUT2D eigenvalue weighted by molar-refractivity contribution is 6.02. The molecular weight excluding hydrogens is 364 g/mol. The molecular formula is C24H32N2O3. The van der Waals surface area contributed by atoms with Crippen molar-refractivity contribution < 1.29 is 9.90 Å². The highest BCUT2D eigenvalue weighted by Crippen LogP contribution is 2.31. The Labute approximate surface area is 172 Å². The van der Waals surface area contributed by atoms with Crippen molar-refractivity contribution in [2.45, 2.75) is 76.9 Å². The molecule has 1 amide bonds. The Morgan fingerprint density at radius 1 is 1.10 bits per heavy atom. The molecule has 2 aliphatic rings. The fourth-order valence-corrected chi connectivity index (χ4v) is 4.99. The summed E-state index contributed by atoms with van der Waals surface area (Å²) in [6.45, 7) is 2.58. The number of aliphatic hydroxyl groups is 1. The molecule has 1 aromatic carbocycles. The Morgan fingerprint density at radius 3 is 2.55 bits per heavy atom. The summed E-state index contributed by atoms with van der Waals surface area (Å²) in [5, 5.41) is 15.3. The Kier molecular flexibility index (Phi) is 5.77. The molecule has 0 atom stereocenters. The molecule has 1 heterocycles. The van der Waals surface area contributed by atoms with Crippen molar-refractivity contribution in [2.24, 2.45) is 11.8 Å². The van der Waals surface area contributed by atoms with Gasteiger partial charge in [0.2, 0.25) is 5.91 Å². The number of rotatable bonds is 4. The summed E-state index contributed by atoms with van der Waals surface area (Å²) >= 11 is 0. The molecule has 2 saturated carbocycles. The Balaban J connectivity index is 1.56. The summed E-state index contributed by atoms with van der Waals surface area (Å²) < 4.78 is 1.63. The Bertz CT molecular complexity index is 935. The number of carbonyl (C=O) groups is 1. The van der Waals surface area contributed by atoms with Crippen LogP contribution in [0.5, 0.6) is 0 Å². The third-order valence-electron chi connectivity index (χ3n) is 6.91. The van der Waals surface area contributed by atoms with E-state index in [2.05, 4.69) is 12.2 Å². The van der Waals surface area contributed by atoms with E-state index in [4.69, 9.17) is 0 Å². The van der Waals surface area contributed by atoms with E-state index in [-0.39, 0.29) is 17.4 Å². The lowest BCUT2D eigenvalue weighted by Gasteiger charge is -2.32. The van der Waals surface area contributed by atoms with Crippen LogP contribution in [0, 0.1) is 11.8 Å². The summed E-state index contributed by atoms with van der Waals surface area (Å²) in [6.07, 6.45) is 10.5. The number of pyridine rings is 1. The first-order chi connectivity index (χ1) is 14.0. The lowest BCUT2D eigenvalue weighted by molar-refractivity contribution is -0.121. The normalized spacial score (nSPS) is 24.3. The number of nitrogens with zero attached hydrogens (tertiary/aromatic N) is 1. The molecule has 1 aromatic heterocycles. The minimum absolute atomic E-state index is 0.0578. The SMILES string of the molecule is CC1CCC(C(=O)Nc2cccc3c(=O)n(CC4(O)CCCCC4)ccc23)CC1. The van der Waals surface area contributed by atoms with E-state index in [1.54, 1.807) is 16.8 Å². The van der Waals surface area contributed by atoms with Crippen molar-refractivity contribution in [3.8, 4) is 0 Å². The van der Waals surface area contributed by atoms with Crippen molar-refractivity contribution in [1.82, 2.24) is 4.57 Å². The van der Waals surface area contributed by atoms with Gasteiger partial charge < -0.3 is 15.0 Å². The van der Waals surface area contributed by atoms with Crippen LogP contribution >= 0.6 is 0 Å². The molecule has 2 N–H and O–H groups in total. The van der Waals surface area contributed by atoms with Crippen molar-refractivity contribution in [3.05, 3.63) is 40.8 Å². The summed E-state index contributed by atoms with van der Waals surface area (Å²) in [5.74, 6) is 0.821. The highest BCUT2D eigenvalue weighted by atomic mass is 16.3. The van der Waals surface area contributed by atoms with Gasteiger partial charge in [0, 0.05) is 28.6 Å². The number of hydrogen-bond donors (Lipinski definition) is 2. The van der Waals surface area contributed by atoms with E-state index >= 15 is 0 Å². The molecule has 156 valence electrons. The number of carbonyl (C=O) groups excluding carboxylic acids is 1. The van der Waals surface area contributed by atoms with E-state index in [0.29, 0.717) is 23.5 Å². The van der Waals surface area contributed by atoms with Crippen LogP contribution in [0.4, 0.5) is 5.69 Å². The number of benzene rings is 1. The average Bonchev–Trinajstić information content (AvgIpc) is 2.71. The lowest BCUT2D eigenvalue weighted by Crippen LogP contribution is -2.39. The number of hydrogen-bond acceptors (Lipinski definition) is 3. The predicted octanol–water partition coefficient (Wildman–Crippen LogP) is 4.46. The van der Waals surface area contributed by atoms with Crippen LogP contribution in [0.15, 0.2) is 35.3 Å². The zero-order valence-electron chi connectivity index (χ0n) is 17.3. The third-order valence-corrected chi connectivity index (χ3v) is 6.91. The molecule has 0 spiro atoms. The number of nitrogens with one attached hydrogen (secondary N) is 1.